The van der Waals surface area contributed by atoms with Crippen molar-refractivity contribution in [2.75, 3.05) is 19.0 Å². The van der Waals surface area contributed by atoms with E-state index in [1.54, 1.807) is 0 Å². The molecule has 30 heavy (non-hydrogen) atoms. The molecule has 1 aliphatic carbocycles. The third-order valence-corrected chi connectivity index (χ3v) is 6.42. The van der Waals surface area contributed by atoms with Gasteiger partial charge in [-0.3, -0.25) is 4.79 Å². The molecule has 162 valence electrons. The molecule has 1 amide bonds. The van der Waals surface area contributed by atoms with E-state index in [9.17, 15) is 4.79 Å². The molecule has 1 atom stereocenters. The number of hydrogen-bond donors (Lipinski definition) is 1. The number of aromatic nitrogens is 3. The van der Waals surface area contributed by atoms with Gasteiger partial charge in [0.05, 0.1) is 25.0 Å². The Balaban J connectivity index is 1.41. The largest absolute Gasteiger partial charge is 0.490 e. The standard InChI is InChI=1S/C22H30N4O3S/c1-4-26-21(15-6-7-15)24-25-22(26)30-13-19(27)23-20(14(2)3)16-8-9-17-18(12-16)29-11-5-10-28-17/h8-9,12,14-15,20H,4-7,10-11,13H2,1-3H3,(H,23,27)/t20-/m1/s1. The van der Waals surface area contributed by atoms with Crippen LogP contribution in [0.3, 0.4) is 0 Å². The van der Waals surface area contributed by atoms with Gasteiger partial charge >= 0.3 is 0 Å². The maximum atomic E-state index is 12.8. The van der Waals surface area contributed by atoms with Gasteiger partial charge in [0.25, 0.3) is 0 Å². The lowest BCUT2D eigenvalue weighted by Crippen LogP contribution is -2.33. The van der Waals surface area contributed by atoms with Crippen molar-refractivity contribution < 1.29 is 14.3 Å². The van der Waals surface area contributed by atoms with Crippen molar-refractivity contribution in [1.82, 2.24) is 20.1 Å². The summed E-state index contributed by atoms with van der Waals surface area (Å²) in [7, 11) is 0. The van der Waals surface area contributed by atoms with Crippen molar-refractivity contribution in [1.29, 1.82) is 0 Å². The number of nitrogens with zero attached hydrogens (tertiary/aromatic N) is 3. The number of carbonyl (C=O) groups is 1. The van der Waals surface area contributed by atoms with Crippen LogP contribution < -0.4 is 14.8 Å². The zero-order valence-corrected chi connectivity index (χ0v) is 18.7. The molecule has 4 rings (SSSR count). The summed E-state index contributed by atoms with van der Waals surface area (Å²) in [5.41, 5.74) is 1.03. The molecule has 0 spiro atoms. The number of thioether (sulfide) groups is 1. The van der Waals surface area contributed by atoms with Gasteiger partial charge < -0.3 is 19.4 Å². The summed E-state index contributed by atoms with van der Waals surface area (Å²) in [4.78, 5) is 12.8. The predicted molar refractivity (Wildman–Crippen MR) is 116 cm³/mol. The van der Waals surface area contributed by atoms with Gasteiger partial charge in [0, 0.05) is 18.9 Å². The lowest BCUT2D eigenvalue weighted by molar-refractivity contribution is -0.119. The minimum atomic E-state index is -0.0960. The second-order valence-corrected chi connectivity index (χ2v) is 9.14. The van der Waals surface area contributed by atoms with Crippen molar-refractivity contribution in [2.45, 2.75) is 63.7 Å². The van der Waals surface area contributed by atoms with E-state index < -0.39 is 0 Å². The van der Waals surface area contributed by atoms with E-state index in [-0.39, 0.29) is 17.9 Å². The SMILES string of the molecule is CCn1c(SCC(=O)N[C@@H](c2ccc3c(c2)OCCCO3)C(C)C)nnc1C1CC1. The number of fused-ring (bicyclic) bond motifs is 1. The summed E-state index contributed by atoms with van der Waals surface area (Å²) in [5.74, 6) is 3.68. The molecule has 8 heteroatoms. The Morgan fingerprint density at radius 1 is 1.23 bits per heavy atom. The van der Waals surface area contributed by atoms with Crippen LogP contribution in [0.1, 0.15) is 63.4 Å². The van der Waals surface area contributed by atoms with E-state index in [4.69, 9.17) is 9.47 Å². The second kappa shape index (κ2) is 9.29. The minimum Gasteiger partial charge on any atom is -0.490 e. The molecule has 2 heterocycles. The lowest BCUT2D eigenvalue weighted by Gasteiger charge is -2.24. The van der Waals surface area contributed by atoms with E-state index in [1.165, 1.54) is 24.6 Å². The summed E-state index contributed by atoms with van der Waals surface area (Å²) in [5, 5.41) is 12.7. The molecule has 1 N–H and O–H groups in total. The summed E-state index contributed by atoms with van der Waals surface area (Å²) in [6, 6.07) is 5.85. The zero-order valence-electron chi connectivity index (χ0n) is 17.9. The van der Waals surface area contributed by atoms with Gasteiger partial charge in [0.2, 0.25) is 5.91 Å². The molecule has 0 unspecified atom stereocenters. The maximum absolute atomic E-state index is 12.8. The first-order valence-electron chi connectivity index (χ1n) is 10.8. The highest BCUT2D eigenvalue weighted by Gasteiger charge is 2.30. The Morgan fingerprint density at radius 3 is 2.70 bits per heavy atom. The normalized spacial score (nSPS) is 16.9. The Hall–Kier alpha value is -2.22. The van der Waals surface area contributed by atoms with Crippen molar-refractivity contribution >= 4 is 17.7 Å². The highest BCUT2D eigenvalue weighted by molar-refractivity contribution is 7.99. The molecule has 1 aromatic carbocycles. The van der Waals surface area contributed by atoms with E-state index in [2.05, 4.69) is 40.9 Å². The van der Waals surface area contributed by atoms with E-state index in [0.717, 1.165) is 41.0 Å². The van der Waals surface area contributed by atoms with Crippen LogP contribution in [0.4, 0.5) is 0 Å². The Kier molecular flexibility index (Phi) is 6.51. The van der Waals surface area contributed by atoms with E-state index in [0.29, 0.717) is 24.9 Å². The fourth-order valence-corrected chi connectivity index (χ4v) is 4.52. The maximum Gasteiger partial charge on any atom is 0.230 e. The number of amides is 1. The molecule has 0 radical (unpaired) electrons. The van der Waals surface area contributed by atoms with Gasteiger partial charge in [-0.05, 0) is 43.4 Å². The summed E-state index contributed by atoms with van der Waals surface area (Å²) in [6.07, 6.45) is 3.25. The average molecular weight is 431 g/mol. The van der Waals surface area contributed by atoms with Crippen LogP contribution in [0.5, 0.6) is 11.5 Å². The molecule has 1 saturated carbocycles. The van der Waals surface area contributed by atoms with E-state index in [1.807, 2.05) is 18.2 Å². The number of ether oxygens (including phenoxy) is 2. The molecular weight excluding hydrogens is 400 g/mol. The summed E-state index contributed by atoms with van der Waals surface area (Å²) >= 11 is 1.45. The van der Waals surface area contributed by atoms with Crippen LogP contribution in [0.25, 0.3) is 0 Å². The number of rotatable bonds is 8. The number of carbonyl (C=O) groups excluding carboxylic acids is 1. The monoisotopic (exact) mass is 430 g/mol. The topological polar surface area (TPSA) is 78.3 Å². The van der Waals surface area contributed by atoms with Gasteiger partial charge in [0.1, 0.15) is 5.82 Å². The van der Waals surface area contributed by atoms with Crippen molar-refractivity contribution in [2.24, 2.45) is 5.92 Å². The van der Waals surface area contributed by atoms with Gasteiger partial charge in [-0.2, -0.15) is 0 Å². The van der Waals surface area contributed by atoms with Crippen molar-refractivity contribution in [3.05, 3.63) is 29.6 Å². The van der Waals surface area contributed by atoms with E-state index >= 15 is 0 Å². The van der Waals surface area contributed by atoms with Crippen LogP contribution >= 0.6 is 11.8 Å². The number of benzene rings is 1. The quantitative estimate of drug-likeness (QED) is 0.639. The first kappa shape index (κ1) is 21.0. The molecule has 0 bridgehead atoms. The fraction of sp³-hybridized carbons (Fsp3) is 0.591. The molecule has 2 aliphatic rings. The third kappa shape index (κ3) is 4.74. The molecule has 1 aliphatic heterocycles. The van der Waals surface area contributed by atoms with Gasteiger partial charge in [-0.1, -0.05) is 31.7 Å². The summed E-state index contributed by atoms with van der Waals surface area (Å²) in [6.45, 7) is 8.45. The fourth-order valence-electron chi connectivity index (χ4n) is 3.70. The number of hydrogen-bond acceptors (Lipinski definition) is 6. The van der Waals surface area contributed by atoms with Gasteiger partial charge in [-0.25, -0.2) is 0 Å². The van der Waals surface area contributed by atoms with Crippen LogP contribution in [-0.4, -0.2) is 39.6 Å². The lowest BCUT2D eigenvalue weighted by atomic mass is 9.95. The highest BCUT2D eigenvalue weighted by atomic mass is 32.2. The molecule has 1 fully saturated rings. The van der Waals surface area contributed by atoms with Crippen LogP contribution in [0, 0.1) is 5.92 Å². The summed E-state index contributed by atoms with van der Waals surface area (Å²) < 4.78 is 13.7. The van der Waals surface area contributed by atoms with Gasteiger partial charge in [0.15, 0.2) is 16.7 Å². The Bertz CT molecular complexity index is 895. The van der Waals surface area contributed by atoms with Crippen LogP contribution in [0.2, 0.25) is 0 Å². The third-order valence-electron chi connectivity index (χ3n) is 5.45. The molecular formula is C22H30N4O3S. The minimum absolute atomic E-state index is 0.00978. The zero-order chi connectivity index (χ0) is 21.1. The second-order valence-electron chi connectivity index (χ2n) is 8.19. The molecule has 2 aromatic rings. The average Bonchev–Trinajstić information content (AvgIpc) is 3.53. The molecule has 1 aromatic heterocycles. The Morgan fingerprint density at radius 2 is 2.00 bits per heavy atom. The molecule has 0 saturated heterocycles. The highest BCUT2D eigenvalue weighted by Crippen LogP contribution is 2.40. The first-order valence-corrected chi connectivity index (χ1v) is 11.8. The smallest absolute Gasteiger partial charge is 0.230 e. The van der Waals surface area contributed by atoms with Gasteiger partial charge in [-0.15, -0.1) is 10.2 Å². The van der Waals surface area contributed by atoms with Crippen molar-refractivity contribution in [3.63, 3.8) is 0 Å². The van der Waals surface area contributed by atoms with Crippen LogP contribution in [0.15, 0.2) is 23.4 Å². The molecule has 7 nitrogen and oxygen atoms in total. The first-order chi connectivity index (χ1) is 14.6. The predicted octanol–water partition coefficient (Wildman–Crippen LogP) is 3.94. The number of nitrogens with one attached hydrogen (secondary N) is 1. The van der Waals surface area contributed by atoms with Crippen molar-refractivity contribution in [3.8, 4) is 11.5 Å². The Labute approximate surface area is 181 Å². The van der Waals surface area contributed by atoms with Crippen LogP contribution in [-0.2, 0) is 11.3 Å².